The summed E-state index contributed by atoms with van der Waals surface area (Å²) in [5.41, 5.74) is 1.46. The van der Waals surface area contributed by atoms with Crippen molar-refractivity contribution in [2.75, 3.05) is 11.5 Å². The van der Waals surface area contributed by atoms with Gasteiger partial charge in [0.15, 0.2) is 4.34 Å². The number of hydrogen-bond donors (Lipinski definition) is 1. The van der Waals surface area contributed by atoms with Gasteiger partial charge in [-0.2, -0.15) is 0 Å². The van der Waals surface area contributed by atoms with Crippen molar-refractivity contribution in [3.63, 3.8) is 0 Å². The fourth-order valence-corrected chi connectivity index (χ4v) is 6.30. The highest BCUT2D eigenvalue weighted by Gasteiger charge is 2.48. The molecule has 4 aromatic rings. The van der Waals surface area contributed by atoms with Crippen molar-refractivity contribution in [1.29, 1.82) is 0 Å². The first kappa shape index (κ1) is 27.6. The van der Waals surface area contributed by atoms with Gasteiger partial charge >= 0.3 is 5.91 Å². The highest BCUT2D eigenvalue weighted by molar-refractivity contribution is 8.00. The molecular formula is C29H21ClFN3O4S2. The van der Waals surface area contributed by atoms with Gasteiger partial charge in [0.25, 0.3) is 5.78 Å². The van der Waals surface area contributed by atoms with Crippen LogP contribution in [0.4, 0.5) is 9.52 Å². The molecule has 1 amide bonds. The molecule has 1 atom stereocenters. The van der Waals surface area contributed by atoms with E-state index >= 15 is 0 Å². The molecular weight excluding hydrogens is 573 g/mol. The summed E-state index contributed by atoms with van der Waals surface area (Å²) in [7, 11) is 0. The van der Waals surface area contributed by atoms with Crippen LogP contribution in [0.15, 0.2) is 95.4 Å². The Kier molecular flexibility index (Phi) is 8.29. The number of anilines is 1. The summed E-state index contributed by atoms with van der Waals surface area (Å²) in [6, 6.07) is 18.3. The minimum absolute atomic E-state index is 0.155. The second-order valence-corrected chi connectivity index (χ2v) is 11.2. The summed E-state index contributed by atoms with van der Waals surface area (Å²) < 4.78 is 19.8. The van der Waals surface area contributed by atoms with Gasteiger partial charge in [-0.1, -0.05) is 77.7 Å². The number of halogens is 2. The number of amides is 1. The van der Waals surface area contributed by atoms with Crippen LogP contribution in [-0.4, -0.2) is 33.6 Å². The third-order valence-corrected chi connectivity index (χ3v) is 8.49. The number of carbonyl (C=O) groups excluding carboxylic acids is 2. The van der Waals surface area contributed by atoms with Gasteiger partial charge in [-0.05, 0) is 53.6 Å². The Morgan fingerprint density at radius 3 is 2.65 bits per heavy atom. The van der Waals surface area contributed by atoms with E-state index in [1.807, 2.05) is 18.2 Å². The van der Waals surface area contributed by atoms with Gasteiger partial charge in [0.05, 0.1) is 11.6 Å². The van der Waals surface area contributed by atoms with Crippen molar-refractivity contribution in [3.8, 4) is 5.75 Å². The predicted molar refractivity (Wildman–Crippen MR) is 154 cm³/mol. The molecule has 1 aliphatic heterocycles. The van der Waals surface area contributed by atoms with Crippen LogP contribution >= 0.6 is 34.7 Å². The number of nitrogens with zero attached hydrogens (tertiary/aromatic N) is 3. The predicted octanol–water partition coefficient (Wildman–Crippen LogP) is 6.81. The van der Waals surface area contributed by atoms with Crippen LogP contribution in [0, 0.1) is 5.82 Å². The molecule has 40 heavy (non-hydrogen) atoms. The van der Waals surface area contributed by atoms with E-state index in [0.717, 1.165) is 29.0 Å². The third kappa shape index (κ3) is 5.65. The largest absolute Gasteiger partial charge is 0.507 e. The van der Waals surface area contributed by atoms with E-state index < -0.39 is 29.3 Å². The van der Waals surface area contributed by atoms with E-state index in [4.69, 9.17) is 16.3 Å². The number of ether oxygens (including phenoxy) is 1. The lowest BCUT2D eigenvalue weighted by atomic mass is 9.95. The topological polar surface area (TPSA) is 92.6 Å². The average molecular weight is 594 g/mol. The van der Waals surface area contributed by atoms with Crippen LogP contribution in [-0.2, 0) is 15.3 Å². The average Bonchev–Trinajstić information content (AvgIpc) is 3.53. The summed E-state index contributed by atoms with van der Waals surface area (Å²) >= 11 is 8.80. The van der Waals surface area contributed by atoms with Crippen molar-refractivity contribution < 1.29 is 23.8 Å². The molecule has 0 saturated carbocycles. The Morgan fingerprint density at radius 2 is 1.90 bits per heavy atom. The van der Waals surface area contributed by atoms with Crippen molar-refractivity contribution in [3.05, 3.63) is 119 Å². The Balaban J connectivity index is 1.56. The number of Topliss-reactive ketones (excluding diaryl/α,β-unsaturated/α-hetero) is 1. The minimum atomic E-state index is -1.04. The Hall–Kier alpha value is -3.99. The second-order valence-electron chi connectivity index (χ2n) is 8.58. The normalized spacial score (nSPS) is 16.4. The molecule has 3 aromatic carbocycles. The van der Waals surface area contributed by atoms with Crippen molar-refractivity contribution in [1.82, 2.24) is 10.2 Å². The molecule has 0 radical (unpaired) electrons. The first-order chi connectivity index (χ1) is 19.4. The highest BCUT2D eigenvalue weighted by atomic mass is 35.5. The highest BCUT2D eigenvalue weighted by Crippen LogP contribution is 2.44. The molecule has 0 aliphatic carbocycles. The quantitative estimate of drug-likeness (QED) is 0.0569. The Morgan fingerprint density at radius 1 is 1.12 bits per heavy atom. The van der Waals surface area contributed by atoms with Crippen LogP contribution in [0.2, 0.25) is 5.02 Å². The monoisotopic (exact) mass is 593 g/mol. The molecule has 0 spiro atoms. The zero-order chi connectivity index (χ0) is 28.2. The van der Waals surface area contributed by atoms with Crippen LogP contribution in [0.1, 0.15) is 22.7 Å². The first-order valence-electron chi connectivity index (χ1n) is 12.0. The van der Waals surface area contributed by atoms with Gasteiger partial charge in [-0.25, -0.2) is 4.39 Å². The smallest absolute Gasteiger partial charge is 0.301 e. The number of benzene rings is 3. The Labute approximate surface area is 242 Å². The lowest BCUT2D eigenvalue weighted by molar-refractivity contribution is -0.132. The van der Waals surface area contributed by atoms with E-state index in [1.165, 1.54) is 28.8 Å². The van der Waals surface area contributed by atoms with Crippen molar-refractivity contribution in [2.24, 2.45) is 0 Å². The van der Waals surface area contributed by atoms with Crippen molar-refractivity contribution >= 4 is 57.3 Å². The SMILES string of the molecule is C=CCOc1cccc(C2C(=C(O)c3ccc(F)cc3)C(=O)C(=O)N2c2nnc(SCc3ccccc3Cl)s2)c1. The van der Waals surface area contributed by atoms with Crippen LogP contribution in [0.25, 0.3) is 5.76 Å². The Bertz CT molecular complexity index is 1620. The molecule has 1 fully saturated rings. The standard InChI is InChI=1S/C29H21ClFN3O4S2/c1-2-14-38-21-8-5-7-18(15-21)24-23(25(35)17-10-12-20(31)13-11-17)26(36)27(37)34(24)28-32-33-29(40-28)39-16-19-6-3-4-9-22(19)30/h2-13,15,24,35H,1,14,16H2. The molecule has 1 N–H and O–H groups in total. The number of rotatable bonds is 9. The van der Waals surface area contributed by atoms with E-state index in [1.54, 1.807) is 36.4 Å². The molecule has 1 unspecified atom stereocenters. The van der Waals surface area contributed by atoms with Gasteiger partial charge in [-0.15, -0.1) is 10.2 Å². The number of ketones is 1. The molecule has 7 nitrogen and oxygen atoms in total. The number of aliphatic hydroxyl groups is 1. The van der Waals surface area contributed by atoms with Crippen molar-refractivity contribution in [2.45, 2.75) is 16.1 Å². The zero-order valence-corrected chi connectivity index (χ0v) is 23.2. The van der Waals surface area contributed by atoms with Gasteiger partial charge < -0.3 is 9.84 Å². The van der Waals surface area contributed by atoms with Crippen LogP contribution in [0.5, 0.6) is 5.75 Å². The zero-order valence-electron chi connectivity index (χ0n) is 20.8. The molecule has 0 bridgehead atoms. The minimum Gasteiger partial charge on any atom is -0.507 e. The number of thioether (sulfide) groups is 1. The molecule has 2 heterocycles. The summed E-state index contributed by atoms with van der Waals surface area (Å²) in [5.74, 6) is -1.69. The first-order valence-corrected chi connectivity index (χ1v) is 14.2. The van der Waals surface area contributed by atoms with Gasteiger partial charge in [0.1, 0.15) is 23.9 Å². The maximum Gasteiger partial charge on any atom is 0.301 e. The van der Waals surface area contributed by atoms with E-state index in [0.29, 0.717) is 26.4 Å². The van der Waals surface area contributed by atoms with Gasteiger partial charge in [0.2, 0.25) is 5.13 Å². The molecule has 1 aliphatic rings. The molecule has 1 aromatic heterocycles. The summed E-state index contributed by atoms with van der Waals surface area (Å²) in [6.07, 6.45) is 1.59. The fourth-order valence-electron chi connectivity index (χ4n) is 4.15. The molecule has 202 valence electrons. The number of aliphatic hydroxyl groups excluding tert-OH is 1. The van der Waals surface area contributed by atoms with E-state index in [2.05, 4.69) is 16.8 Å². The molecule has 5 rings (SSSR count). The van der Waals surface area contributed by atoms with Crippen LogP contribution < -0.4 is 9.64 Å². The number of aromatic nitrogens is 2. The second kappa shape index (κ2) is 12.0. The number of hydrogen-bond acceptors (Lipinski definition) is 8. The third-order valence-electron chi connectivity index (χ3n) is 6.01. The lowest BCUT2D eigenvalue weighted by Gasteiger charge is -2.23. The van der Waals surface area contributed by atoms with Crippen LogP contribution in [0.3, 0.4) is 0 Å². The molecule has 11 heteroatoms. The summed E-state index contributed by atoms with van der Waals surface area (Å²) in [5, 5.41) is 20.5. The lowest BCUT2D eigenvalue weighted by Crippen LogP contribution is -2.29. The maximum atomic E-state index is 13.6. The number of carbonyl (C=O) groups is 2. The summed E-state index contributed by atoms with van der Waals surface area (Å²) in [4.78, 5) is 28.0. The fraction of sp³-hybridized carbons (Fsp3) is 0.103. The molecule has 1 saturated heterocycles. The van der Waals surface area contributed by atoms with E-state index in [9.17, 15) is 19.1 Å². The van der Waals surface area contributed by atoms with Gasteiger partial charge in [-0.3, -0.25) is 14.5 Å². The van der Waals surface area contributed by atoms with Gasteiger partial charge in [0, 0.05) is 16.3 Å². The summed E-state index contributed by atoms with van der Waals surface area (Å²) in [6.45, 7) is 3.90. The van der Waals surface area contributed by atoms with E-state index in [-0.39, 0.29) is 22.9 Å². The maximum absolute atomic E-state index is 13.6.